The van der Waals surface area contributed by atoms with Crippen LogP contribution in [0.15, 0.2) is 9.59 Å². The lowest BCUT2D eigenvalue weighted by atomic mass is 10.1. The van der Waals surface area contributed by atoms with E-state index in [0.717, 1.165) is 0 Å². The van der Waals surface area contributed by atoms with Gasteiger partial charge in [-0.15, -0.1) is 0 Å². The maximum absolute atomic E-state index is 13.1. The minimum atomic E-state index is -3.28. The Balaban J connectivity index is 2.50. The molecule has 11 heteroatoms. The first-order valence-corrected chi connectivity index (χ1v) is 11.0. The van der Waals surface area contributed by atoms with Gasteiger partial charge in [-0.05, 0) is 18.8 Å². The summed E-state index contributed by atoms with van der Waals surface area (Å²) >= 11 is 0. The van der Waals surface area contributed by atoms with Gasteiger partial charge in [0.1, 0.15) is 5.82 Å². The van der Waals surface area contributed by atoms with Crippen molar-refractivity contribution in [2.45, 2.75) is 33.2 Å². The number of anilines is 2. The Morgan fingerprint density at radius 2 is 2.07 bits per heavy atom. The second kappa shape index (κ2) is 8.91. The lowest BCUT2D eigenvalue weighted by molar-refractivity contribution is -0.121. The van der Waals surface area contributed by atoms with E-state index in [0.29, 0.717) is 13.0 Å². The lowest BCUT2D eigenvalue weighted by Crippen LogP contribution is -2.44. The van der Waals surface area contributed by atoms with E-state index < -0.39 is 32.9 Å². The Kier molecular flexibility index (Phi) is 7.05. The molecule has 1 unspecified atom stereocenters. The summed E-state index contributed by atoms with van der Waals surface area (Å²) in [6.45, 7) is 4.52. The number of hydrogen-bond acceptors (Lipinski definition) is 7. The summed E-state index contributed by atoms with van der Waals surface area (Å²) in [4.78, 5) is 41.2. The first-order valence-electron chi connectivity index (χ1n) is 9.20. The smallest absolute Gasteiger partial charge is 0.330 e. The van der Waals surface area contributed by atoms with E-state index in [4.69, 9.17) is 10.5 Å². The van der Waals surface area contributed by atoms with Crippen LogP contribution in [0.4, 0.5) is 11.5 Å². The van der Waals surface area contributed by atoms with Gasteiger partial charge < -0.3 is 15.4 Å². The van der Waals surface area contributed by atoms with Gasteiger partial charge in [-0.3, -0.25) is 19.1 Å². The van der Waals surface area contributed by atoms with Crippen molar-refractivity contribution in [3.8, 4) is 0 Å². The molecule has 3 N–H and O–H groups in total. The molecule has 1 aromatic rings. The van der Waals surface area contributed by atoms with Gasteiger partial charge >= 0.3 is 5.69 Å². The zero-order valence-electron chi connectivity index (χ0n) is 16.4. The number of sulfone groups is 1. The molecule has 0 bridgehead atoms. The predicted molar refractivity (Wildman–Crippen MR) is 106 cm³/mol. The van der Waals surface area contributed by atoms with Crippen molar-refractivity contribution in [2.24, 2.45) is 11.8 Å². The van der Waals surface area contributed by atoms with Crippen molar-refractivity contribution in [3.05, 3.63) is 20.8 Å². The molecule has 28 heavy (non-hydrogen) atoms. The van der Waals surface area contributed by atoms with E-state index in [1.165, 1.54) is 16.6 Å². The van der Waals surface area contributed by atoms with Crippen LogP contribution in [0.25, 0.3) is 0 Å². The quantitative estimate of drug-likeness (QED) is 0.547. The standard InChI is InChI=1S/C17H28N4O6S/c1-11(2)9-21-14(18)13(15(22)19-17(21)24)20(6-4-7-27-3)16(23)12-5-8-28(25,26)10-12/h11-12H,4-10,18H2,1-3H3,(H,19,22,24). The van der Waals surface area contributed by atoms with Crippen molar-refractivity contribution in [3.63, 3.8) is 0 Å². The van der Waals surface area contributed by atoms with E-state index in [-0.39, 0.29) is 48.4 Å². The van der Waals surface area contributed by atoms with Crippen LogP contribution in [-0.4, -0.2) is 55.6 Å². The maximum Gasteiger partial charge on any atom is 0.330 e. The third-order valence-electron chi connectivity index (χ3n) is 4.61. The molecule has 2 rings (SSSR count). The third-order valence-corrected chi connectivity index (χ3v) is 6.38. The molecule has 1 fully saturated rings. The highest BCUT2D eigenvalue weighted by atomic mass is 32.2. The molecule has 1 atom stereocenters. The SMILES string of the molecule is COCCCN(C(=O)C1CCS(=O)(=O)C1)c1c(N)n(CC(C)C)c(=O)[nH]c1=O. The van der Waals surface area contributed by atoms with Crippen molar-refractivity contribution < 1.29 is 17.9 Å². The molecule has 1 aliphatic rings. The molecule has 1 aromatic heterocycles. The van der Waals surface area contributed by atoms with Crippen LogP contribution in [0, 0.1) is 11.8 Å². The molecule has 158 valence electrons. The second-order valence-corrected chi connectivity index (χ2v) is 9.66. The number of nitrogen functional groups attached to an aromatic ring is 1. The molecule has 0 saturated carbocycles. The number of aromatic amines is 1. The topological polar surface area (TPSA) is 145 Å². The monoisotopic (exact) mass is 416 g/mol. The summed E-state index contributed by atoms with van der Waals surface area (Å²) in [7, 11) is -1.76. The van der Waals surface area contributed by atoms with Gasteiger partial charge in [0.15, 0.2) is 15.5 Å². The minimum Gasteiger partial charge on any atom is -0.385 e. The van der Waals surface area contributed by atoms with E-state index >= 15 is 0 Å². The number of carbonyl (C=O) groups excluding carboxylic acids is 1. The van der Waals surface area contributed by atoms with Crippen molar-refractivity contribution in [1.29, 1.82) is 0 Å². The number of H-pyrrole nitrogens is 1. The normalized spacial score (nSPS) is 18.5. The average Bonchev–Trinajstić information content (AvgIpc) is 2.96. The molecule has 1 aliphatic heterocycles. The summed E-state index contributed by atoms with van der Waals surface area (Å²) in [5.74, 6) is -1.56. The van der Waals surface area contributed by atoms with Gasteiger partial charge in [0.2, 0.25) is 5.91 Å². The molecule has 1 amide bonds. The number of hydrogen-bond donors (Lipinski definition) is 2. The number of carbonyl (C=O) groups is 1. The number of methoxy groups -OCH3 is 1. The van der Waals surface area contributed by atoms with Gasteiger partial charge in [0, 0.05) is 26.8 Å². The van der Waals surface area contributed by atoms with Crippen LogP contribution < -0.4 is 21.9 Å². The number of ether oxygens (including phenoxy) is 1. The molecular formula is C17H28N4O6S. The average molecular weight is 417 g/mol. The van der Waals surface area contributed by atoms with Crippen LogP contribution in [0.3, 0.4) is 0 Å². The maximum atomic E-state index is 13.1. The summed E-state index contributed by atoms with van der Waals surface area (Å²) in [5, 5.41) is 0. The van der Waals surface area contributed by atoms with Crippen molar-refractivity contribution in [1.82, 2.24) is 9.55 Å². The van der Waals surface area contributed by atoms with Crippen LogP contribution in [-0.2, 0) is 25.9 Å². The fourth-order valence-corrected chi connectivity index (χ4v) is 5.03. The molecule has 1 saturated heterocycles. The third kappa shape index (κ3) is 5.02. The van der Waals surface area contributed by atoms with Crippen LogP contribution in [0.5, 0.6) is 0 Å². The van der Waals surface area contributed by atoms with Crippen molar-refractivity contribution >= 4 is 27.2 Å². The van der Waals surface area contributed by atoms with E-state index in [2.05, 4.69) is 4.98 Å². The molecule has 2 heterocycles. The highest BCUT2D eigenvalue weighted by molar-refractivity contribution is 7.91. The fourth-order valence-electron chi connectivity index (χ4n) is 3.29. The van der Waals surface area contributed by atoms with Crippen molar-refractivity contribution in [2.75, 3.05) is 42.4 Å². The number of nitrogens with one attached hydrogen (secondary N) is 1. The Morgan fingerprint density at radius 1 is 1.39 bits per heavy atom. The largest absolute Gasteiger partial charge is 0.385 e. The molecule has 0 radical (unpaired) electrons. The number of rotatable bonds is 8. The Morgan fingerprint density at radius 3 is 2.61 bits per heavy atom. The predicted octanol–water partition coefficient (Wildman–Crippen LogP) is -0.421. The van der Waals surface area contributed by atoms with Gasteiger partial charge in [0.05, 0.1) is 17.4 Å². The lowest BCUT2D eigenvalue weighted by Gasteiger charge is -2.27. The number of nitrogens with two attached hydrogens (primary N) is 1. The zero-order chi connectivity index (χ0) is 21.1. The van der Waals surface area contributed by atoms with Gasteiger partial charge in [-0.1, -0.05) is 13.8 Å². The van der Waals surface area contributed by atoms with Crippen LogP contribution >= 0.6 is 0 Å². The Hall–Kier alpha value is -2.14. The number of nitrogens with zero attached hydrogens (tertiary/aromatic N) is 2. The van der Waals surface area contributed by atoms with E-state index in [1.807, 2.05) is 13.8 Å². The first kappa shape index (κ1) is 22.2. The van der Waals surface area contributed by atoms with Gasteiger partial charge in [-0.2, -0.15) is 0 Å². The highest BCUT2D eigenvalue weighted by Crippen LogP contribution is 2.25. The molecular weight excluding hydrogens is 388 g/mol. The zero-order valence-corrected chi connectivity index (χ0v) is 17.3. The molecule has 0 aliphatic carbocycles. The van der Waals surface area contributed by atoms with E-state index in [9.17, 15) is 22.8 Å². The molecule has 0 spiro atoms. The van der Waals surface area contributed by atoms with Gasteiger partial charge in [0.25, 0.3) is 5.56 Å². The Labute approximate surface area is 163 Å². The molecule has 10 nitrogen and oxygen atoms in total. The van der Waals surface area contributed by atoms with Crippen LogP contribution in [0.2, 0.25) is 0 Å². The highest BCUT2D eigenvalue weighted by Gasteiger charge is 2.37. The first-order chi connectivity index (χ1) is 13.1. The Bertz CT molecular complexity index is 934. The summed E-state index contributed by atoms with van der Waals surface area (Å²) in [6.07, 6.45) is 0.620. The fraction of sp³-hybridized carbons (Fsp3) is 0.706. The summed E-state index contributed by atoms with van der Waals surface area (Å²) in [5.41, 5.74) is 4.59. The number of aromatic nitrogens is 2. The van der Waals surface area contributed by atoms with E-state index in [1.54, 1.807) is 0 Å². The van der Waals surface area contributed by atoms with Gasteiger partial charge in [-0.25, -0.2) is 13.2 Å². The number of amides is 1. The van der Waals surface area contributed by atoms with Crippen LogP contribution in [0.1, 0.15) is 26.7 Å². The molecule has 0 aromatic carbocycles. The summed E-state index contributed by atoms with van der Waals surface area (Å²) in [6, 6.07) is 0. The second-order valence-electron chi connectivity index (χ2n) is 7.43. The minimum absolute atomic E-state index is 0.0615. The summed E-state index contributed by atoms with van der Waals surface area (Å²) < 4.78 is 29.8.